The predicted molar refractivity (Wildman–Crippen MR) is 68.4 cm³/mol. The number of rotatable bonds is 5. The highest BCUT2D eigenvalue weighted by Gasteiger charge is 2.21. The third-order valence-electron chi connectivity index (χ3n) is 3.13. The molecule has 2 nitrogen and oxygen atoms in total. The average Bonchev–Trinajstić information content (AvgIpc) is 2.22. The Bertz CT molecular complexity index is 304. The van der Waals surface area contributed by atoms with E-state index in [-0.39, 0.29) is 0 Å². The Hall–Kier alpha value is -0.860. The minimum Gasteiger partial charge on any atom is -0.314 e. The molecule has 1 aliphatic heterocycles. The number of hydrogen-bond donors (Lipinski definition) is 2. The van der Waals surface area contributed by atoms with Crippen molar-refractivity contribution in [1.82, 2.24) is 10.6 Å². The minimum absolute atomic E-state index is 0.508. The smallest absolute Gasteiger partial charge is 0.0326 e. The second-order valence-electron chi connectivity index (χ2n) is 5.11. The van der Waals surface area contributed by atoms with Crippen molar-refractivity contribution in [2.75, 3.05) is 13.1 Å². The first-order chi connectivity index (χ1) is 7.75. The van der Waals surface area contributed by atoms with Crippen LogP contribution in [0.2, 0.25) is 0 Å². The van der Waals surface area contributed by atoms with E-state index < -0.39 is 0 Å². The van der Waals surface area contributed by atoms with Gasteiger partial charge in [0, 0.05) is 25.2 Å². The van der Waals surface area contributed by atoms with Crippen molar-refractivity contribution in [1.29, 1.82) is 0 Å². The second kappa shape index (κ2) is 5.46. The van der Waals surface area contributed by atoms with Gasteiger partial charge in [-0.1, -0.05) is 44.2 Å². The van der Waals surface area contributed by atoms with Crippen molar-refractivity contribution >= 4 is 0 Å². The fourth-order valence-electron chi connectivity index (χ4n) is 2.15. The first-order valence-corrected chi connectivity index (χ1v) is 6.27. The van der Waals surface area contributed by atoms with Crippen molar-refractivity contribution in [3.8, 4) is 0 Å². The van der Waals surface area contributed by atoms with E-state index in [0.29, 0.717) is 12.1 Å². The van der Waals surface area contributed by atoms with Crippen molar-refractivity contribution < 1.29 is 0 Å². The van der Waals surface area contributed by atoms with E-state index in [9.17, 15) is 0 Å². The van der Waals surface area contributed by atoms with Gasteiger partial charge in [0.2, 0.25) is 0 Å². The Morgan fingerprint density at radius 3 is 2.44 bits per heavy atom. The maximum atomic E-state index is 3.74. The highest BCUT2D eigenvalue weighted by molar-refractivity contribution is 5.19. The second-order valence-corrected chi connectivity index (χ2v) is 5.11. The van der Waals surface area contributed by atoms with Gasteiger partial charge in [0.25, 0.3) is 0 Å². The third kappa shape index (κ3) is 3.06. The van der Waals surface area contributed by atoms with Gasteiger partial charge in [-0.2, -0.15) is 0 Å². The standard InChI is InChI=1S/C14H22N2/c1-11(2)8-14(16-13-9-15-10-13)12-6-4-3-5-7-12/h3-7,11,13-16H,8-10H2,1-2H3. The highest BCUT2D eigenvalue weighted by atomic mass is 15.1. The molecule has 2 heteroatoms. The zero-order valence-corrected chi connectivity index (χ0v) is 10.2. The predicted octanol–water partition coefficient (Wildman–Crippen LogP) is 2.34. The molecule has 1 unspecified atom stereocenters. The van der Waals surface area contributed by atoms with E-state index in [0.717, 1.165) is 19.0 Å². The molecule has 0 saturated carbocycles. The van der Waals surface area contributed by atoms with Gasteiger partial charge >= 0.3 is 0 Å². The molecule has 2 rings (SSSR count). The fourth-order valence-corrected chi connectivity index (χ4v) is 2.15. The van der Waals surface area contributed by atoms with Crippen LogP contribution in [0.25, 0.3) is 0 Å². The summed E-state index contributed by atoms with van der Waals surface area (Å²) in [5.74, 6) is 0.728. The van der Waals surface area contributed by atoms with E-state index in [1.165, 1.54) is 12.0 Å². The van der Waals surface area contributed by atoms with Gasteiger partial charge in [-0.05, 0) is 17.9 Å². The van der Waals surface area contributed by atoms with Crippen LogP contribution < -0.4 is 10.6 Å². The molecule has 0 amide bonds. The summed E-state index contributed by atoms with van der Waals surface area (Å²) in [6, 6.07) is 12.0. The summed E-state index contributed by atoms with van der Waals surface area (Å²) in [7, 11) is 0. The molecule has 0 bridgehead atoms. The maximum absolute atomic E-state index is 3.74. The maximum Gasteiger partial charge on any atom is 0.0326 e. The van der Waals surface area contributed by atoms with Crippen LogP contribution in [0.15, 0.2) is 30.3 Å². The monoisotopic (exact) mass is 218 g/mol. The van der Waals surface area contributed by atoms with E-state index in [4.69, 9.17) is 0 Å². The summed E-state index contributed by atoms with van der Waals surface area (Å²) in [6.07, 6.45) is 1.21. The van der Waals surface area contributed by atoms with Gasteiger partial charge in [-0.25, -0.2) is 0 Å². The molecular formula is C14H22N2. The lowest BCUT2D eigenvalue weighted by atomic mass is 9.95. The largest absolute Gasteiger partial charge is 0.314 e. The molecule has 0 radical (unpaired) electrons. The average molecular weight is 218 g/mol. The van der Waals surface area contributed by atoms with Crippen LogP contribution in [0.1, 0.15) is 31.9 Å². The summed E-state index contributed by atoms with van der Waals surface area (Å²) in [4.78, 5) is 0. The van der Waals surface area contributed by atoms with Gasteiger partial charge in [0.05, 0.1) is 0 Å². The summed E-state index contributed by atoms with van der Waals surface area (Å²) in [5, 5.41) is 7.05. The Labute approximate surface area is 98.4 Å². The lowest BCUT2D eigenvalue weighted by Gasteiger charge is -2.33. The van der Waals surface area contributed by atoms with Crippen LogP contribution in [0.4, 0.5) is 0 Å². The molecule has 1 aliphatic rings. The zero-order valence-electron chi connectivity index (χ0n) is 10.2. The molecule has 16 heavy (non-hydrogen) atoms. The minimum atomic E-state index is 0.508. The molecule has 1 aromatic rings. The first-order valence-electron chi connectivity index (χ1n) is 6.27. The van der Waals surface area contributed by atoms with Crippen LogP contribution in [0, 0.1) is 5.92 Å². The lowest BCUT2D eigenvalue weighted by molar-refractivity contribution is 0.306. The van der Waals surface area contributed by atoms with Gasteiger partial charge in [-0.3, -0.25) is 0 Å². The van der Waals surface area contributed by atoms with Crippen LogP contribution in [-0.2, 0) is 0 Å². The zero-order chi connectivity index (χ0) is 11.4. The lowest BCUT2D eigenvalue weighted by Crippen LogP contribution is -2.56. The SMILES string of the molecule is CC(C)CC(NC1CNC1)c1ccccc1. The fraction of sp³-hybridized carbons (Fsp3) is 0.571. The van der Waals surface area contributed by atoms with Crippen LogP contribution in [-0.4, -0.2) is 19.1 Å². The Kier molecular flexibility index (Phi) is 3.97. The number of nitrogens with one attached hydrogen (secondary N) is 2. The van der Waals surface area contributed by atoms with E-state index in [1.54, 1.807) is 0 Å². The molecule has 1 aromatic carbocycles. The molecule has 1 heterocycles. The van der Waals surface area contributed by atoms with Gasteiger partial charge < -0.3 is 10.6 Å². The Morgan fingerprint density at radius 1 is 1.25 bits per heavy atom. The summed E-state index contributed by atoms with van der Waals surface area (Å²) >= 11 is 0. The van der Waals surface area contributed by atoms with Crippen molar-refractivity contribution in [2.24, 2.45) is 5.92 Å². The van der Waals surface area contributed by atoms with Crippen LogP contribution >= 0.6 is 0 Å². The number of hydrogen-bond acceptors (Lipinski definition) is 2. The van der Waals surface area contributed by atoms with Crippen LogP contribution in [0.5, 0.6) is 0 Å². The first kappa shape index (κ1) is 11.6. The summed E-state index contributed by atoms with van der Waals surface area (Å²) in [6.45, 7) is 6.80. The summed E-state index contributed by atoms with van der Waals surface area (Å²) < 4.78 is 0. The van der Waals surface area contributed by atoms with E-state index in [1.807, 2.05) is 0 Å². The Balaban J connectivity index is 2.01. The van der Waals surface area contributed by atoms with E-state index in [2.05, 4.69) is 54.8 Å². The molecule has 0 aliphatic carbocycles. The molecule has 0 spiro atoms. The topological polar surface area (TPSA) is 24.1 Å². The summed E-state index contributed by atoms with van der Waals surface area (Å²) in [5.41, 5.74) is 1.42. The molecule has 1 saturated heterocycles. The van der Waals surface area contributed by atoms with Gasteiger partial charge in [-0.15, -0.1) is 0 Å². The normalized spacial score (nSPS) is 18.4. The van der Waals surface area contributed by atoms with Crippen LogP contribution in [0.3, 0.4) is 0 Å². The molecule has 88 valence electrons. The third-order valence-corrected chi connectivity index (χ3v) is 3.13. The van der Waals surface area contributed by atoms with Crippen molar-refractivity contribution in [2.45, 2.75) is 32.4 Å². The molecule has 2 N–H and O–H groups in total. The van der Waals surface area contributed by atoms with E-state index >= 15 is 0 Å². The quantitative estimate of drug-likeness (QED) is 0.792. The van der Waals surface area contributed by atoms with Crippen molar-refractivity contribution in [3.63, 3.8) is 0 Å². The molecule has 1 atom stereocenters. The van der Waals surface area contributed by atoms with Crippen molar-refractivity contribution in [3.05, 3.63) is 35.9 Å². The highest BCUT2D eigenvalue weighted by Crippen LogP contribution is 2.22. The van der Waals surface area contributed by atoms with Gasteiger partial charge in [0.15, 0.2) is 0 Å². The molecule has 1 fully saturated rings. The van der Waals surface area contributed by atoms with Gasteiger partial charge in [0.1, 0.15) is 0 Å². The Morgan fingerprint density at radius 2 is 1.94 bits per heavy atom. The number of benzene rings is 1. The molecule has 0 aromatic heterocycles. The molecular weight excluding hydrogens is 196 g/mol.